The molecule has 2 heterocycles. The average Bonchev–Trinajstić information content (AvgIpc) is 3.46. The molecule has 2 aromatic heterocycles. The van der Waals surface area contributed by atoms with Gasteiger partial charge in [-0.3, -0.25) is 14.7 Å². The van der Waals surface area contributed by atoms with Gasteiger partial charge in [0.2, 0.25) is 10.0 Å². The van der Waals surface area contributed by atoms with Gasteiger partial charge in [0.25, 0.3) is 5.91 Å². The van der Waals surface area contributed by atoms with Gasteiger partial charge >= 0.3 is 0 Å². The molecule has 0 saturated heterocycles. The Bertz CT molecular complexity index is 1560. The molecule has 4 aromatic rings. The Hall–Kier alpha value is -3.54. The van der Waals surface area contributed by atoms with Crippen LogP contribution in [0.25, 0.3) is 10.2 Å². The zero-order chi connectivity index (χ0) is 29.0. The number of carbonyl (C=O) groups excluding carboxylic acids is 1. The van der Waals surface area contributed by atoms with Gasteiger partial charge in [-0.1, -0.05) is 37.5 Å². The Labute approximate surface area is 244 Å². The molecule has 1 saturated carbocycles. The average molecular weight is 595 g/mol. The van der Waals surface area contributed by atoms with Crippen molar-refractivity contribution in [2.75, 3.05) is 25.7 Å². The van der Waals surface area contributed by atoms with Crippen molar-refractivity contribution in [1.29, 1.82) is 0 Å². The van der Waals surface area contributed by atoms with E-state index in [1.165, 1.54) is 23.5 Å². The maximum Gasteiger partial charge on any atom is 0.260 e. The highest BCUT2D eigenvalue weighted by molar-refractivity contribution is 7.89. The number of hydrogen-bond acceptors (Lipinski definition) is 8. The summed E-state index contributed by atoms with van der Waals surface area (Å²) in [5.74, 6) is 0.906. The van der Waals surface area contributed by atoms with E-state index < -0.39 is 10.0 Å². The van der Waals surface area contributed by atoms with Crippen molar-refractivity contribution < 1.29 is 22.7 Å². The third-order valence-electron chi connectivity index (χ3n) is 7.47. The summed E-state index contributed by atoms with van der Waals surface area (Å²) in [4.78, 5) is 24.6. The predicted octanol–water partition coefficient (Wildman–Crippen LogP) is 5.90. The number of benzene rings is 2. The monoisotopic (exact) mass is 594 g/mol. The summed E-state index contributed by atoms with van der Waals surface area (Å²) in [5, 5.41) is 0.468. The highest BCUT2D eigenvalue weighted by atomic mass is 32.2. The molecule has 1 aliphatic rings. The van der Waals surface area contributed by atoms with E-state index in [1.54, 1.807) is 54.0 Å². The second kappa shape index (κ2) is 12.5. The molecule has 9 nitrogen and oxygen atoms in total. The number of carbonyl (C=O) groups is 1. The van der Waals surface area contributed by atoms with Crippen LogP contribution >= 0.6 is 11.3 Å². The molecular formula is C30H34N4O5S2. The summed E-state index contributed by atoms with van der Waals surface area (Å²) < 4.78 is 40.5. The number of sulfonamides is 1. The molecule has 216 valence electrons. The van der Waals surface area contributed by atoms with Crippen molar-refractivity contribution in [3.63, 3.8) is 0 Å². The van der Waals surface area contributed by atoms with E-state index in [2.05, 4.69) is 4.98 Å². The zero-order valence-corrected chi connectivity index (χ0v) is 25.1. The van der Waals surface area contributed by atoms with E-state index in [4.69, 9.17) is 14.5 Å². The number of ether oxygens (including phenoxy) is 2. The number of rotatable bonds is 10. The lowest BCUT2D eigenvalue weighted by Crippen LogP contribution is -2.41. The normalized spacial score (nSPS) is 14.3. The van der Waals surface area contributed by atoms with Gasteiger partial charge in [0.05, 0.1) is 25.7 Å². The SMILES string of the molecule is CCN(C1CCCCC1)S(=O)(=O)c1ccc(C(=O)N(Cc2ccncc2)c2nc3c(OC)ccc(OC)c3s2)cc1. The Balaban J connectivity index is 1.49. The molecular weight excluding hydrogens is 560 g/mol. The van der Waals surface area contributed by atoms with Gasteiger partial charge < -0.3 is 9.47 Å². The van der Waals surface area contributed by atoms with Crippen LogP contribution in [0.1, 0.15) is 54.9 Å². The fourth-order valence-corrected chi connectivity index (χ4v) is 8.11. The lowest BCUT2D eigenvalue weighted by atomic mass is 9.95. The van der Waals surface area contributed by atoms with Gasteiger partial charge in [-0.05, 0) is 66.9 Å². The van der Waals surface area contributed by atoms with Crippen LogP contribution in [0.4, 0.5) is 5.13 Å². The highest BCUT2D eigenvalue weighted by Gasteiger charge is 2.31. The van der Waals surface area contributed by atoms with Gasteiger partial charge in [0, 0.05) is 30.5 Å². The number of aromatic nitrogens is 2. The first-order chi connectivity index (χ1) is 19.9. The van der Waals surface area contributed by atoms with Crippen LogP contribution in [0.15, 0.2) is 65.8 Å². The standard InChI is InChI=1S/C30H34N4O5S2/c1-4-34(23-8-6-5-7-9-23)41(36,37)24-12-10-22(11-13-24)29(35)33(20-21-16-18-31-19-17-21)30-32-27-25(38-2)14-15-26(39-3)28(27)40-30/h10-19,23H,4-9,20H2,1-3H3. The van der Waals surface area contributed by atoms with Crippen molar-refractivity contribution in [3.05, 3.63) is 72.1 Å². The van der Waals surface area contributed by atoms with Gasteiger partial charge in [0.1, 0.15) is 21.7 Å². The first-order valence-electron chi connectivity index (χ1n) is 13.7. The number of thiazole rings is 1. The highest BCUT2D eigenvalue weighted by Crippen LogP contribution is 2.41. The van der Waals surface area contributed by atoms with Gasteiger partial charge in [0.15, 0.2) is 5.13 Å². The lowest BCUT2D eigenvalue weighted by Gasteiger charge is -2.32. The summed E-state index contributed by atoms with van der Waals surface area (Å²) in [5.41, 5.74) is 1.83. The van der Waals surface area contributed by atoms with E-state index in [0.29, 0.717) is 34.3 Å². The minimum Gasteiger partial charge on any atom is -0.495 e. The largest absolute Gasteiger partial charge is 0.495 e. The molecule has 1 fully saturated rings. The number of anilines is 1. The molecule has 0 atom stereocenters. The zero-order valence-electron chi connectivity index (χ0n) is 23.4. The summed E-state index contributed by atoms with van der Waals surface area (Å²) in [6, 6.07) is 13.5. The summed E-state index contributed by atoms with van der Waals surface area (Å²) in [6.07, 6.45) is 8.34. The molecule has 0 radical (unpaired) electrons. The summed E-state index contributed by atoms with van der Waals surface area (Å²) in [7, 11) is -0.523. The second-order valence-corrected chi connectivity index (χ2v) is 12.8. The predicted molar refractivity (Wildman–Crippen MR) is 160 cm³/mol. The van der Waals surface area contributed by atoms with Gasteiger partial charge in [-0.25, -0.2) is 13.4 Å². The Morgan fingerprint density at radius 1 is 0.951 bits per heavy atom. The molecule has 2 aromatic carbocycles. The maximum absolute atomic E-state index is 14.0. The molecule has 1 amide bonds. The minimum atomic E-state index is -3.68. The lowest BCUT2D eigenvalue weighted by molar-refractivity contribution is 0.0985. The first kappa shape index (κ1) is 29.0. The van der Waals surface area contributed by atoms with Crippen LogP contribution in [0.2, 0.25) is 0 Å². The van der Waals surface area contributed by atoms with E-state index in [-0.39, 0.29) is 23.4 Å². The van der Waals surface area contributed by atoms with Crippen LogP contribution in [-0.2, 0) is 16.6 Å². The fraction of sp³-hybridized carbons (Fsp3) is 0.367. The number of methoxy groups -OCH3 is 2. The van der Waals surface area contributed by atoms with Crippen LogP contribution in [0.5, 0.6) is 11.5 Å². The van der Waals surface area contributed by atoms with Crippen LogP contribution < -0.4 is 14.4 Å². The third-order valence-corrected chi connectivity index (χ3v) is 10.6. The summed E-state index contributed by atoms with van der Waals surface area (Å²) >= 11 is 1.33. The molecule has 1 aliphatic carbocycles. The third kappa shape index (κ3) is 5.93. The van der Waals surface area contributed by atoms with Crippen LogP contribution in [-0.4, -0.2) is 55.4 Å². The second-order valence-electron chi connectivity index (χ2n) is 9.92. The number of nitrogens with zero attached hydrogens (tertiary/aromatic N) is 4. The van der Waals surface area contributed by atoms with E-state index in [0.717, 1.165) is 42.4 Å². The van der Waals surface area contributed by atoms with Crippen molar-refractivity contribution in [3.8, 4) is 11.5 Å². The number of fused-ring (bicyclic) bond motifs is 1. The van der Waals surface area contributed by atoms with Crippen molar-refractivity contribution in [2.24, 2.45) is 0 Å². The molecule has 0 aliphatic heterocycles. The first-order valence-corrected chi connectivity index (χ1v) is 16.0. The number of pyridine rings is 1. The Morgan fingerprint density at radius 3 is 2.24 bits per heavy atom. The van der Waals surface area contributed by atoms with E-state index >= 15 is 0 Å². The number of amides is 1. The molecule has 0 spiro atoms. The van der Waals surface area contributed by atoms with E-state index in [1.807, 2.05) is 25.1 Å². The van der Waals surface area contributed by atoms with Crippen molar-refractivity contribution in [2.45, 2.75) is 56.5 Å². The van der Waals surface area contributed by atoms with Crippen molar-refractivity contribution >= 4 is 42.6 Å². The van der Waals surface area contributed by atoms with Crippen molar-refractivity contribution in [1.82, 2.24) is 14.3 Å². The topological polar surface area (TPSA) is 102 Å². The van der Waals surface area contributed by atoms with Gasteiger partial charge in [-0.15, -0.1) is 0 Å². The van der Waals surface area contributed by atoms with Crippen LogP contribution in [0, 0.1) is 0 Å². The maximum atomic E-state index is 14.0. The molecule has 0 unspecified atom stereocenters. The summed E-state index contributed by atoms with van der Waals surface area (Å²) in [6.45, 7) is 2.54. The minimum absolute atomic E-state index is 0.0175. The van der Waals surface area contributed by atoms with Gasteiger partial charge in [-0.2, -0.15) is 4.31 Å². The Kier molecular flexibility index (Phi) is 8.86. The fourth-order valence-electron chi connectivity index (χ4n) is 5.34. The van der Waals surface area contributed by atoms with E-state index in [9.17, 15) is 13.2 Å². The quantitative estimate of drug-likeness (QED) is 0.225. The molecule has 11 heteroatoms. The van der Waals surface area contributed by atoms with Crippen LogP contribution in [0.3, 0.4) is 0 Å². The molecule has 0 N–H and O–H groups in total. The molecule has 41 heavy (non-hydrogen) atoms. The smallest absolute Gasteiger partial charge is 0.260 e. The molecule has 0 bridgehead atoms. The molecule has 5 rings (SSSR count). The number of hydrogen-bond donors (Lipinski definition) is 0. The Morgan fingerprint density at radius 2 is 1.61 bits per heavy atom.